The van der Waals surface area contributed by atoms with Crippen LogP contribution in [-0.2, 0) is 0 Å². The molecule has 280 valence electrons. The molecule has 3 aromatic heterocycles. The van der Waals surface area contributed by atoms with Gasteiger partial charge in [-0.15, -0.1) is 0 Å². The summed E-state index contributed by atoms with van der Waals surface area (Å²) in [4.78, 5) is 10.5. The van der Waals surface area contributed by atoms with Crippen molar-refractivity contribution in [1.29, 1.82) is 0 Å². The molecule has 0 unspecified atom stereocenters. The van der Waals surface area contributed by atoms with Gasteiger partial charge in [0.25, 0.3) is 0 Å². The molecule has 4 heteroatoms. The maximum Gasteiger partial charge on any atom is 0.160 e. The van der Waals surface area contributed by atoms with Crippen molar-refractivity contribution in [2.75, 3.05) is 0 Å². The summed E-state index contributed by atoms with van der Waals surface area (Å²) in [5, 5.41) is 7.24. The number of fused-ring (bicyclic) bond motifs is 7. The van der Waals surface area contributed by atoms with Gasteiger partial charge >= 0.3 is 0 Å². The summed E-state index contributed by atoms with van der Waals surface area (Å²) in [5.41, 5.74) is 14.2. The average Bonchev–Trinajstić information content (AvgIpc) is 3.83. The lowest BCUT2D eigenvalue weighted by atomic mass is 10.0. The highest BCUT2D eigenvalue weighted by Crippen LogP contribution is 2.41. The summed E-state index contributed by atoms with van der Waals surface area (Å²) in [6.07, 6.45) is 0. The molecular weight excluding hydrogens is 729 g/mol. The Hall–Kier alpha value is -8.08. The minimum atomic E-state index is 0.691. The molecule has 4 nitrogen and oxygen atoms in total. The van der Waals surface area contributed by atoms with Gasteiger partial charge in [-0.05, 0) is 77.2 Å². The number of benzene rings is 9. The van der Waals surface area contributed by atoms with Crippen LogP contribution in [0.25, 0.3) is 111 Å². The van der Waals surface area contributed by atoms with Gasteiger partial charge < -0.3 is 9.13 Å². The highest BCUT2D eigenvalue weighted by molar-refractivity contribution is 6.19. The summed E-state index contributed by atoms with van der Waals surface area (Å²) in [6.45, 7) is 0. The molecule has 0 aliphatic carbocycles. The second kappa shape index (κ2) is 13.8. The lowest BCUT2D eigenvalue weighted by Gasteiger charge is -2.14. The number of aromatic nitrogens is 4. The predicted octanol–water partition coefficient (Wildman–Crippen LogP) is 14.5. The summed E-state index contributed by atoms with van der Waals surface area (Å²) in [5.74, 6) is 0.691. The number of rotatable bonds is 6. The zero-order valence-electron chi connectivity index (χ0n) is 32.6. The van der Waals surface area contributed by atoms with E-state index in [2.05, 4.69) is 221 Å². The van der Waals surface area contributed by atoms with Crippen LogP contribution in [0.1, 0.15) is 0 Å². The van der Waals surface area contributed by atoms with Gasteiger partial charge in [0, 0.05) is 49.3 Å². The van der Waals surface area contributed by atoms with E-state index in [1.54, 1.807) is 0 Å². The van der Waals surface area contributed by atoms with Crippen LogP contribution in [0.3, 0.4) is 0 Å². The highest BCUT2D eigenvalue weighted by atomic mass is 15.0. The Labute approximate surface area is 346 Å². The first-order chi connectivity index (χ1) is 29.7. The summed E-state index contributed by atoms with van der Waals surface area (Å²) < 4.78 is 4.85. The zero-order chi connectivity index (χ0) is 39.6. The molecule has 0 bridgehead atoms. The van der Waals surface area contributed by atoms with E-state index in [4.69, 9.17) is 9.97 Å². The third kappa shape index (κ3) is 5.53. The molecule has 0 N–H and O–H groups in total. The molecule has 0 spiro atoms. The Bertz CT molecular complexity index is 3580. The van der Waals surface area contributed by atoms with Crippen molar-refractivity contribution in [3.05, 3.63) is 218 Å². The fourth-order valence-electron chi connectivity index (χ4n) is 9.12. The van der Waals surface area contributed by atoms with E-state index >= 15 is 0 Å². The van der Waals surface area contributed by atoms with Gasteiger partial charge in [-0.1, -0.05) is 158 Å². The molecular formula is C56H36N4. The van der Waals surface area contributed by atoms with E-state index in [9.17, 15) is 0 Å². The molecule has 0 aliphatic heterocycles. The standard InChI is InChI=1S/C56H36N4/c1-4-16-37(17-5-1)39-20-14-22-41(32-39)50-35-49(38-18-6-2-7-19-38)57-56(58-50)42-30-31-44-40(33-42)21-15-29-51(44)60-53-28-13-11-26-46(53)48-34-47-45-25-10-12-27-52(45)59(54(47)36-55(48)60)43-23-8-3-9-24-43/h1-36H. The molecule has 0 saturated carbocycles. The Kier molecular flexibility index (Phi) is 7.82. The minimum Gasteiger partial charge on any atom is -0.309 e. The van der Waals surface area contributed by atoms with Gasteiger partial charge in [0.1, 0.15) is 0 Å². The third-order valence-electron chi connectivity index (χ3n) is 11.9. The SMILES string of the molecule is c1ccc(-c2cccc(-c3cc(-c4ccccc4)nc(-c4ccc5c(-n6c7ccccc7c7cc8c9ccccc9n(-c9ccccc9)c8cc76)cccc5c4)n3)c2)cc1. The molecule has 9 aromatic carbocycles. The average molecular weight is 765 g/mol. The molecule has 0 aliphatic rings. The topological polar surface area (TPSA) is 35.6 Å². The molecule has 0 fully saturated rings. The molecule has 60 heavy (non-hydrogen) atoms. The van der Waals surface area contributed by atoms with Crippen molar-refractivity contribution in [3.63, 3.8) is 0 Å². The van der Waals surface area contributed by atoms with Crippen LogP contribution in [0.15, 0.2) is 218 Å². The molecule has 0 saturated heterocycles. The Balaban J connectivity index is 1.05. The monoisotopic (exact) mass is 764 g/mol. The number of hydrogen-bond donors (Lipinski definition) is 0. The normalized spacial score (nSPS) is 11.7. The van der Waals surface area contributed by atoms with Crippen LogP contribution in [0.5, 0.6) is 0 Å². The fourth-order valence-corrected chi connectivity index (χ4v) is 9.12. The Morgan fingerprint density at radius 1 is 0.283 bits per heavy atom. The number of nitrogens with zero attached hydrogens (tertiary/aromatic N) is 4. The first kappa shape index (κ1) is 34.0. The van der Waals surface area contributed by atoms with Gasteiger partial charge in [0.15, 0.2) is 5.82 Å². The van der Waals surface area contributed by atoms with Gasteiger partial charge in [-0.3, -0.25) is 0 Å². The van der Waals surface area contributed by atoms with E-state index in [1.165, 1.54) is 49.2 Å². The molecule has 0 radical (unpaired) electrons. The molecule has 0 atom stereocenters. The third-order valence-corrected chi connectivity index (χ3v) is 11.9. The largest absolute Gasteiger partial charge is 0.309 e. The van der Waals surface area contributed by atoms with E-state index in [-0.39, 0.29) is 0 Å². The Morgan fingerprint density at radius 3 is 1.58 bits per heavy atom. The minimum absolute atomic E-state index is 0.691. The Morgan fingerprint density at radius 2 is 0.850 bits per heavy atom. The summed E-state index contributed by atoms with van der Waals surface area (Å²) in [7, 11) is 0. The van der Waals surface area contributed by atoms with E-state index < -0.39 is 0 Å². The maximum atomic E-state index is 5.26. The van der Waals surface area contributed by atoms with E-state index in [1.807, 2.05) is 6.07 Å². The smallest absolute Gasteiger partial charge is 0.160 e. The van der Waals surface area contributed by atoms with Gasteiger partial charge in [0.05, 0.1) is 39.1 Å². The van der Waals surface area contributed by atoms with Gasteiger partial charge in [0.2, 0.25) is 0 Å². The zero-order valence-corrected chi connectivity index (χ0v) is 32.6. The van der Waals surface area contributed by atoms with Crippen LogP contribution in [0.2, 0.25) is 0 Å². The second-order valence-corrected chi connectivity index (χ2v) is 15.4. The lowest BCUT2D eigenvalue weighted by molar-refractivity contribution is 1.17. The van der Waals surface area contributed by atoms with Crippen molar-refractivity contribution in [2.24, 2.45) is 0 Å². The first-order valence-electron chi connectivity index (χ1n) is 20.4. The van der Waals surface area contributed by atoms with Crippen molar-refractivity contribution >= 4 is 54.4 Å². The molecule has 0 amide bonds. The predicted molar refractivity (Wildman–Crippen MR) is 250 cm³/mol. The quantitative estimate of drug-likeness (QED) is 0.169. The van der Waals surface area contributed by atoms with Crippen molar-refractivity contribution < 1.29 is 0 Å². The van der Waals surface area contributed by atoms with Crippen molar-refractivity contribution in [3.8, 4) is 56.4 Å². The van der Waals surface area contributed by atoms with Gasteiger partial charge in [-0.25, -0.2) is 9.97 Å². The maximum absolute atomic E-state index is 5.26. The second-order valence-electron chi connectivity index (χ2n) is 15.4. The lowest BCUT2D eigenvalue weighted by Crippen LogP contribution is -1.98. The van der Waals surface area contributed by atoms with Crippen molar-refractivity contribution in [2.45, 2.75) is 0 Å². The molecule has 12 aromatic rings. The van der Waals surface area contributed by atoms with Crippen LogP contribution in [-0.4, -0.2) is 19.1 Å². The fraction of sp³-hybridized carbons (Fsp3) is 0. The first-order valence-corrected chi connectivity index (χ1v) is 20.4. The molecule has 12 rings (SSSR count). The van der Waals surface area contributed by atoms with E-state index in [0.29, 0.717) is 5.82 Å². The van der Waals surface area contributed by atoms with Crippen LogP contribution < -0.4 is 0 Å². The summed E-state index contributed by atoms with van der Waals surface area (Å²) >= 11 is 0. The molecule has 3 heterocycles. The summed E-state index contributed by atoms with van der Waals surface area (Å²) in [6, 6.07) is 77.9. The van der Waals surface area contributed by atoms with Crippen LogP contribution >= 0.6 is 0 Å². The number of hydrogen-bond acceptors (Lipinski definition) is 2. The highest BCUT2D eigenvalue weighted by Gasteiger charge is 2.20. The van der Waals surface area contributed by atoms with Crippen LogP contribution in [0.4, 0.5) is 0 Å². The van der Waals surface area contributed by atoms with Crippen molar-refractivity contribution in [1.82, 2.24) is 19.1 Å². The van der Waals surface area contributed by atoms with Gasteiger partial charge in [-0.2, -0.15) is 0 Å². The van der Waals surface area contributed by atoms with Crippen LogP contribution in [0, 0.1) is 0 Å². The van der Waals surface area contributed by atoms with E-state index in [0.717, 1.165) is 55.8 Å². The number of para-hydroxylation sites is 3.